The fourth-order valence-corrected chi connectivity index (χ4v) is 1.03. The van der Waals surface area contributed by atoms with Gasteiger partial charge >= 0.3 is 5.97 Å². The summed E-state index contributed by atoms with van der Waals surface area (Å²) < 4.78 is 1.92. The third-order valence-electron chi connectivity index (χ3n) is 1.73. The summed E-state index contributed by atoms with van der Waals surface area (Å²) in [6.45, 7) is 2.50. The number of aryl methyl sites for hydroxylation is 2. The third-order valence-corrected chi connectivity index (χ3v) is 1.73. The highest BCUT2D eigenvalue weighted by molar-refractivity contribution is 5.66. The van der Waals surface area contributed by atoms with Crippen LogP contribution in [0.3, 0.4) is 0 Å². The van der Waals surface area contributed by atoms with Crippen LogP contribution in [0.5, 0.6) is 0 Å². The van der Waals surface area contributed by atoms with E-state index in [0.29, 0.717) is 6.54 Å². The second-order valence-corrected chi connectivity index (χ2v) is 2.68. The molecule has 3 nitrogen and oxygen atoms in total. The van der Waals surface area contributed by atoms with Gasteiger partial charge in [0.15, 0.2) is 18.4 Å². The van der Waals surface area contributed by atoms with Gasteiger partial charge in [-0.1, -0.05) is 6.07 Å². The van der Waals surface area contributed by atoms with Crippen molar-refractivity contribution in [1.82, 2.24) is 0 Å². The molecule has 0 radical (unpaired) electrons. The molecule has 13 heavy (non-hydrogen) atoms. The van der Waals surface area contributed by atoms with Crippen LogP contribution in [0.15, 0.2) is 24.4 Å². The molecule has 0 saturated carbocycles. The molecule has 0 atom stereocenters. The first kappa shape index (κ1) is 11.9. The second kappa shape index (κ2) is 5.54. The maximum atomic E-state index is 10.3. The average Bonchev–Trinajstić information content (AvgIpc) is 2.03. The van der Waals surface area contributed by atoms with E-state index >= 15 is 0 Å². The van der Waals surface area contributed by atoms with Crippen molar-refractivity contribution >= 4 is 5.97 Å². The lowest BCUT2D eigenvalue weighted by atomic mass is 10.3. The lowest BCUT2D eigenvalue weighted by Gasteiger charge is -1.96. The summed E-state index contributed by atoms with van der Waals surface area (Å²) in [6.07, 6.45) is 2.06. The molecule has 0 spiro atoms. The molecule has 0 saturated heterocycles. The number of carbonyl (C=O) groups is 1. The molecule has 0 aromatic carbocycles. The van der Waals surface area contributed by atoms with E-state index in [0.717, 1.165) is 5.69 Å². The van der Waals surface area contributed by atoms with E-state index < -0.39 is 5.97 Å². The van der Waals surface area contributed by atoms with Crippen LogP contribution in [0.1, 0.15) is 12.1 Å². The van der Waals surface area contributed by atoms with Gasteiger partial charge in [0.25, 0.3) is 0 Å². The Morgan fingerprint density at radius 2 is 2.23 bits per heavy atom. The zero-order valence-electron chi connectivity index (χ0n) is 7.40. The minimum absolute atomic E-state index is 0. The molecule has 0 unspecified atom stereocenters. The summed E-state index contributed by atoms with van der Waals surface area (Å²) in [6, 6.07) is 5.79. The number of nitrogens with zero attached hydrogens (tertiary/aromatic N) is 1. The Kier molecular flexibility index (Phi) is 5.07. The van der Waals surface area contributed by atoms with E-state index in [1.807, 2.05) is 35.9 Å². The Bertz CT molecular complexity index is 289. The predicted octanol–water partition coefficient (Wildman–Crippen LogP) is -2.24. The number of halogens is 1. The largest absolute Gasteiger partial charge is 1.00 e. The van der Waals surface area contributed by atoms with Crippen molar-refractivity contribution in [2.75, 3.05) is 0 Å². The van der Waals surface area contributed by atoms with Crippen LogP contribution >= 0.6 is 0 Å². The number of aliphatic carboxylic acids is 1. The molecule has 0 aliphatic rings. The maximum Gasteiger partial charge on any atom is 0.309 e. The fraction of sp³-hybridized carbons (Fsp3) is 0.333. The van der Waals surface area contributed by atoms with Gasteiger partial charge in [-0.2, -0.15) is 0 Å². The summed E-state index contributed by atoms with van der Waals surface area (Å²) in [5, 5.41) is 8.45. The van der Waals surface area contributed by atoms with Gasteiger partial charge in [-0.05, 0) is 0 Å². The number of carboxylic acid groups (broad SMARTS) is 1. The Morgan fingerprint density at radius 3 is 2.77 bits per heavy atom. The highest BCUT2D eigenvalue weighted by Crippen LogP contribution is 1.88. The first-order valence-corrected chi connectivity index (χ1v) is 3.87. The van der Waals surface area contributed by atoms with E-state index in [9.17, 15) is 4.79 Å². The van der Waals surface area contributed by atoms with Gasteiger partial charge < -0.3 is 17.5 Å². The topological polar surface area (TPSA) is 41.2 Å². The Hall–Kier alpha value is -1.09. The summed E-state index contributed by atoms with van der Waals surface area (Å²) in [4.78, 5) is 10.3. The van der Waals surface area contributed by atoms with Crippen molar-refractivity contribution in [1.29, 1.82) is 0 Å². The van der Waals surface area contributed by atoms with Gasteiger partial charge in [-0.25, -0.2) is 4.57 Å². The van der Waals surface area contributed by atoms with Gasteiger partial charge in [0.2, 0.25) is 0 Å². The Morgan fingerprint density at radius 1 is 1.54 bits per heavy atom. The third kappa shape index (κ3) is 3.90. The van der Waals surface area contributed by atoms with Crippen LogP contribution in [-0.4, -0.2) is 11.1 Å². The normalized spacial score (nSPS) is 9.00. The lowest BCUT2D eigenvalue weighted by Crippen LogP contribution is -3.00. The van der Waals surface area contributed by atoms with Crippen molar-refractivity contribution in [3.63, 3.8) is 0 Å². The summed E-state index contributed by atoms with van der Waals surface area (Å²) in [5.41, 5.74) is 1.08. The molecular weight excluding hydrogens is 190 g/mol. The zero-order valence-corrected chi connectivity index (χ0v) is 8.16. The van der Waals surface area contributed by atoms with E-state index in [4.69, 9.17) is 5.11 Å². The van der Waals surface area contributed by atoms with Gasteiger partial charge in [-0.3, -0.25) is 4.79 Å². The van der Waals surface area contributed by atoms with Crippen LogP contribution in [0.2, 0.25) is 0 Å². The van der Waals surface area contributed by atoms with Crippen molar-refractivity contribution < 1.29 is 26.9 Å². The van der Waals surface area contributed by atoms with Crippen molar-refractivity contribution in [2.45, 2.75) is 19.9 Å². The molecule has 1 N–H and O–H groups in total. The predicted molar refractivity (Wildman–Crippen MR) is 43.6 cm³/mol. The van der Waals surface area contributed by atoms with Gasteiger partial charge in [0.05, 0.1) is 0 Å². The van der Waals surface area contributed by atoms with Crippen molar-refractivity contribution in [3.05, 3.63) is 30.1 Å². The highest BCUT2D eigenvalue weighted by Gasteiger charge is 2.06. The number of rotatable bonds is 3. The standard InChI is InChI=1S/C9H11NO2.ClH/c1-8-4-2-3-6-10(8)7-5-9(11)12;/h2-4,6H,5,7H2,1H3;1H. The van der Waals surface area contributed by atoms with E-state index in [1.54, 1.807) is 0 Å². The molecular formula is C9H12ClNO2. The molecule has 0 aliphatic carbocycles. The average molecular weight is 202 g/mol. The van der Waals surface area contributed by atoms with Gasteiger partial charge in [-0.15, -0.1) is 0 Å². The Balaban J connectivity index is 0.00000144. The van der Waals surface area contributed by atoms with Crippen LogP contribution < -0.4 is 17.0 Å². The minimum Gasteiger partial charge on any atom is -1.00 e. The minimum atomic E-state index is -0.759. The van der Waals surface area contributed by atoms with Crippen LogP contribution in [0.25, 0.3) is 0 Å². The van der Waals surface area contributed by atoms with Crippen LogP contribution in [0, 0.1) is 6.92 Å². The summed E-state index contributed by atoms with van der Waals surface area (Å²) in [7, 11) is 0. The molecule has 0 fully saturated rings. The van der Waals surface area contributed by atoms with Gasteiger partial charge in [0, 0.05) is 19.1 Å². The second-order valence-electron chi connectivity index (χ2n) is 2.68. The Labute approximate surface area is 83.4 Å². The smallest absolute Gasteiger partial charge is 0.309 e. The molecule has 72 valence electrons. The molecule has 1 aromatic rings. The van der Waals surface area contributed by atoms with Crippen molar-refractivity contribution in [3.8, 4) is 0 Å². The molecule has 4 heteroatoms. The number of aromatic nitrogens is 1. The zero-order chi connectivity index (χ0) is 8.97. The molecule has 1 rings (SSSR count). The fourth-order valence-electron chi connectivity index (χ4n) is 1.03. The first-order chi connectivity index (χ1) is 5.70. The number of hydrogen-bond donors (Lipinski definition) is 1. The van der Waals surface area contributed by atoms with Crippen molar-refractivity contribution in [2.24, 2.45) is 0 Å². The van der Waals surface area contributed by atoms with Crippen LogP contribution in [0.4, 0.5) is 0 Å². The SMILES string of the molecule is Cc1cccc[n+]1CCC(=O)O.[Cl-]. The molecule has 0 bridgehead atoms. The number of hydrogen-bond acceptors (Lipinski definition) is 1. The maximum absolute atomic E-state index is 10.3. The highest BCUT2D eigenvalue weighted by atomic mass is 35.5. The summed E-state index contributed by atoms with van der Waals surface area (Å²) >= 11 is 0. The van der Waals surface area contributed by atoms with Crippen LogP contribution in [-0.2, 0) is 11.3 Å². The number of carboxylic acids is 1. The summed E-state index contributed by atoms with van der Waals surface area (Å²) in [5.74, 6) is -0.759. The molecule has 0 aliphatic heterocycles. The quantitative estimate of drug-likeness (QED) is 0.562. The van der Waals surface area contributed by atoms with E-state index in [-0.39, 0.29) is 18.8 Å². The first-order valence-electron chi connectivity index (χ1n) is 3.87. The van der Waals surface area contributed by atoms with Gasteiger partial charge in [0.1, 0.15) is 6.42 Å². The lowest BCUT2D eigenvalue weighted by molar-refractivity contribution is -0.701. The van der Waals surface area contributed by atoms with E-state index in [2.05, 4.69) is 0 Å². The molecule has 1 aromatic heterocycles. The van der Waals surface area contributed by atoms with E-state index in [1.165, 1.54) is 0 Å². The molecule has 0 amide bonds. The monoisotopic (exact) mass is 201 g/mol. The number of pyridine rings is 1. The molecule has 1 heterocycles.